The third kappa shape index (κ3) is 2.95. The lowest BCUT2D eigenvalue weighted by Crippen LogP contribution is -2.41. The zero-order valence-electron chi connectivity index (χ0n) is 15.3. The van der Waals surface area contributed by atoms with E-state index in [1.807, 2.05) is 4.90 Å². The minimum atomic E-state index is -0.0673. The van der Waals surface area contributed by atoms with Gasteiger partial charge < -0.3 is 9.42 Å². The quantitative estimate of drug-likeness (QED) is 0.840. The van der Waals surface area contributed by atoms with Crippen LogP contribution in [-0.2, 0) is 19.4 Å². The van der Waals surface area contributed by atoms with Crippen molar-refractivity contribution in [2.24, 2.45) is 0 Å². The lowest BCUT2D eigenvalue weighted by Gasteiger charge is -2.25. The average Bonchev–Trinajstić information content (AvgIpc) is 3.21. The number of fused-ring (bicyclic) bond motifs is 1. The number of aryl methyl sites for hydroxylation is 4. The van der Waals surface area contributed by atoms with Crippen LogP contribution in [0.3, 0.4) is 0 Å². The summed E-state index contributed by atoms with van der Waals surface area (Å²) in [7, 11) is 0. The summed E-state index contributed by atoms with van der Waals surface area (Å²) in [6, 6.07) is 1.71. The Balaban J connectivity index is 1.58. The van der Waals surface area contributed by atoms with Crippen LogP contribution >= 0.6 is 0 Å². The van der Waals surface area contributed by atoms with Crippen LogP contribution in [0.4, 0.5) is 0 Å². The van der Waals surface area contributed by atoms with Gasteiger partial charge in [0.15, 0.2) is 0 Å². The number of carbonyl (C=O) groups is 1. The summed E-state index contributed by atoms with van der Waals surface area (Å²) in [6.45, 7) is 4.67. The molecule has 2 aliphatic rings. The van der Waals surface area contributed by atoms with Gasteiger partial charge in [-0.15, -0.1) is 0 Å². The number of amides is 1. The largest absolute Gasteiger partial charge is 0.361 e. The molecule has 2 aromatic rings. The maximum atomic E-state index is 13.0. The highest BCUT2D eigenvalue weighted by atomic mass is 16.5. The molecule has 7 nitrogen and oxygen atoms in total. The summed E-state index contributed by atoms with van der Waals surface area (Å²) in [5, 5.41) is 8.49. The third-order valence-electron chi connectivity index (χ3n) is 5.54. The molecule has 1 unspecified atom stereocenters. The summed E-state index contributed by atoms with van der Waals surface area (Å²) >= 11 is 0. The number of nitrogens with zero attached hydrogens (tertiary/aromatic N) is 4. The van der Waals surface area contributed by atoms with Crippen molar-refractivity contribution in [1.82, 2.24) is 19.8 Å². The Labute approximate surface area is 152 Å². The predicted octanol–water partition coefficient (Wildman–Crippen LogP) is 2.03. The van der Waals surface area contributed by atoms with Gasteiger partial charge in [0.1, 0.15) is 11.3 Å². The SMILES string of the molecule is Cc1noc(C)c1C(=O)N1CCCC1Cn1nc2c(cc1=O)CCCC2. The Hall–Kier alpha value is -2.44. The molecule has 3 heterocycles. The molecule has 1 atom stereocenters. The van der Waals surface area contributed by atoms with E-state index in [1.54, 1.807) is 24.6 Å². The lowest BCUT2D eigenvalue weighted by atomic mass is 9.97. The summed E-state index contributed by atoms with van der Waals surface area (Å²) in [5.74, 6) is 0.483. The molecule has 138 valence electrons. The lowest BCUT2D eigenvalue weighted by molar-refractivity contribution is 0.0718. The van der Waals surface area contributed by atoms with E-state index in [0.717, 1.165) is 49.8 Å². The van der Waals surface area contributed by atoms with E-state index in [4.69, 9.17) is 4.52 Å². The fraction of sp³-hybridized carbons (Fsp3) is 0.579. The second-order valence-electron chi connectivity index (χ2n) is 7.34. The molecule has 4 rings (SSSR count). The maximum absolute atomic E-state index is 13.0. The Morgan fingerprint density at radius 1 is 1.27 bits per heavy atom. The highest BCUT2D eigenvalue weighted by Gasteiger charge is 2.33. The van der Waals surface area contributed by atoms with Crippen molar-refractivity contribution in [3.05, 3.63) is 44.7 Å². The van der Waals surface area contributed by atoms with E-state index < -0.39 is 0 Å². The topological polar surface area (TPSA) is 81.2 Å². The van der Waals surface area contributed by atoms with E-state index in [1.165, 1.54) is 0 Å². The summed E-state index contributed by atoms with van der Waals surface area (Å²) in [4.78, 5) is 27.3. The second-order valence-corrected chi connectivity index (χ2v) is 7.34. The molecular weight excluding hydrogens is 332 g/mol. The van der Waals surface area contributed by atoms with E-state index in [0.29, 0.717) is 30.1 Å². The van der Waals surface area contributed by atoms with Gasteiger partial charge in [0.2, 0.25) is 0 Å². The van der Waals surface area contributed by atoms with E-state index in [-0.39, 0.29) is 17.5 Å². The number of carbonyl (C=O) groups excluding carboxylic acids is 1. The first-order valence-corrected chi connectivity index (χ1v) is 9.38. The molecule has 1 aliphatic heterocycles. The van der Waals surface area contributed by atoms with Gasteiger partial charge >= 0.3 is 0 Å². The van der Waals surface area contributed by atoms with Crippen LogP contribution in [0.5, 0.6) is 0 Å². The molecular formula is C19H24N4O3. The molecule has 1 aliphatic carbocycles. The number of hydrogen-bond donors (Lipinski definition) is 0. The highest BCUT2D eigenvalue weighted by Crippen LogP contribution is 2.24. The predicted molar refractivity (Wildman–Crippen MR) is 95.2 cm³/mol. The van der Waals surface area contributed by atoms with Gasteiger partial charge in [0.25, 0.3) is 11.5 Å². The normalized spacial score (nSPS) is 19.6. The van der Waals surface area contributed by atoms with Gasteiger partial charge in [0.05, 0.1) is 24.0 Å². The van der Waals surface area contributed by atoms with Crippen molar-refractivity contribution in [2.45, 2.75) is 65.0 Å². The molecule has 2 aromatic heterocycles. The fourth-order valence-corrected chi connectivity index (χ4v) is 4.16. The van der Waals surface area contributed by atoms with Crippen LogP contribution < -0.4 is 5.56 Å². The van der Waals surface area contributed by atoms with Crippen LogP contribution in [0.2, 0.25) is 0 Å². The van der Waals surface area contributed by atoms with Crippen molar-refractivity contribution >= 4 is 5.91 Å². The molecule has 7 heteroatoms. The zero-order chi connectivity index (χ0) is 18.3. The van der Waals surface area contributed by atoms with Crippen LogP contribution in [0.25, 0.3) is 0 Å². The maximum Gasteiger partial charge on any atom is 0.267 e. The highest BCUT2D eigenvalue weighted by molar-refractivity contribution is 5.96. The van der Waals surface area contributed by atoms with E-state index in [9.17, 15) is 9.59 Å². The number of hydrogen-bond acceptors (Lipinski definition) is 5. The van der Waals surface area contributed by atoms with Crippen LogP contribution in [-0.4, -0.2) is 38.3 Å². The van der Waals surface area contributed by atoms with Gasteiger partial charge in [-0.2, -0.15) is 5.10 Å². The van der Waals surface area contributed by atoms with Crippen LogP contribution in [0, 0.1) is 13.8 Å². The molecule has 1 amide bonds. The average molecular weight is 356 g/mol. The van der Waals surface area contributed by atoms with E-state index in [2.05, 4.69) is 10.3 Å². The Kier molecular flexibility index (Phi) is 4.38. The molecule has 1 fully saturated rings. The Morgan fingerprint density at radius 3 is 2.85 bits per heavy atom. The van der Waals surface area contributed by atoms with Crippen molar-refractivity contribution in [2.75, 3.05) is 6.54 Å². The summed E-state index contributed by atoms with van der Waals surface area (Å²) < 4.78 is 6.70. The molecule has 0 aromatic carbocycles. The van der Waals surface area contributed by atoms with Crippen molar-refractivity contribution in [3.63, 3.8) is 0 Å². The smallest absolute Gasteiger partial charge is 0.267 e. The molecule has 0 bridgehead atoms. The zero-order valence-corrected chi connectivity index (χ0v) is 15.3. The first-order valence-electron chi connectivity index (χ1n) is 9.38. The standard InChI is InChI=1S/C19H24N4O3/c1-12-18(13(2)26-21-12)19(25)22-9-5-7-15(22)11-23-17(24)10-14-6-3-4-8-16(14)20-23/h10,15H,3-9,11H2,1-2H3. The monoisotopic (exact) mass is 356 g/mol. The molecule has 0 N–H and O–H groups in total. The summed E-state index contributed by atoms with van der Waals surface area (Å²) in [5.41, 5.74) is 3.22. The molecule has 1 saturated heterocycles. The Morgan fingerprint density at radius 2 is 2.08 bits per heavy atom. The van der Waals surface area contributed by atoms with Gasteiger partial charge in [-0.05, 0) is 57.9 Å². The van der Waals surface area contributed by atoms with Gasteiger partial charge in [-0.1, -0.05) is 5.16 Å². The minimum Gasteiger partial charge on any atom is -0.361 e. The minimum absolute atomic E-state index is 0.0250. The van der Waals surface area contributed by atoms with E-state index >= 15 is 0 Å². The van der Waals surface area contributed by atoms with Gasteiger partial charge in [0, 0.05) is 12.6 Å². The van der Waals surface area contributed by atoms with Gasteiger partial charge in [-0.3, -0.25) is 9.59 Å². The molecule has 26 heavy (non-hydrogen) atoms. The Bertz CT molecular complexity index is 879. The second kappa shape index (κ2) is 6.70. The first kappa shape index (κ1) is 17.0. The molecule has 0 radical (unpaired) electrons. The van der Waals surface area contributed by atoms with Crippen molar-refractivity contribution in [1.29, 1.82) is 0 Å². The first-order chi connectivity index (χ1) is 12.5. The van der Waals surface area contributed by atoms with Crippen molar-refractivity contribution in [3.8, 4) is 0 Å². The van der Waals surface area contributed by atoms with Crippen molar-refractivity contribution < 1.29 is 9.32 Å². The number of aromatic nitrogens is 3. The molecule has 0 saturated carbocycles. The number of likely N-dealkylation sites (tertiary alicyclic amines) is 1. The molecule has 0 spiro atoms. The van der Waals surface area contributed by atoms with Crippen LogP contribution in [0.15, 0.2) is 15.4 Å². The fourth-order valence-electron chi connectivity index (χ4n) is 4.16. The van der Waals surface area contributed by atoms with Gasteiger partial charge in [-0.25, -0.2) is 4.68 Å². The summed E-state index contributed by atoms with van der Waals surface area (Å²) in [6.07, 6.45) is 5.93. The number of rotatable bonds is 3. The third-order valence-corrected chi connectivity index (χ3v) is 5.54. The van der Waals surface area contributed by atoms with Crippen LogP contribution in [0.1, 0.15) is 58.8 Å².